The molecule has 0 saturated heterocycles. The molecule has 0 aliphatic heterocycles. The van der Waals surface area contributed by atoms with E-state index in [1.165, 1.54) is 44.9 Å². The van der Waals surface area contributed by atoms with Crippen molar-refractivity contribution in [3.05, 3.63) is 28.3 Å². The largest absolute Gasteiger partial charge is 0.494 e. The fourth-order valence-electron chi connectivity index (χ4n) is 2.56. The Bertz CT molecular complexity index is 440. The third kappa shape index (κ3) is 3.59. The van der Waals surface area contributed by atoms with Crippen molar-refractivity contribution in [2.24, 2.45) is 0 Å². The molecule has 5 heteroatoms. The lowest BCUT2D eigenvalue weighted by Gasteiger charge is -2.19. The van der Waals surface area contributed by atoms with Crippen molar-refractivity contribution in [2.75, 3.05) is 12.4 Å². The van der Waals surface area contributed by atoms with E-state index < -0.39 is 4.92 Å². The van der Waals surface area contributed by atoms with Crippen LogP contribution in [0.3, 0.4) is 0 Å². The molecule has 1 aliphatic rings. The Morgan fingerprint density at radius 3 is 2.53 bits per heavy atom. The van der Waals surface area contributed by atoms with E-state index in [0.717, 1.165) is 18.5 Å². The van der Waals surface area contributed by atoms with Gasteiger partial charge in [-0.2, -0.15) is 0 Å². The summed E-state index contributed by atoms with van der Waals surface area (Å²) in [6.07, 6.45) is 7.39. The number of rotatable bonds is 4. The smallest absolute Gasteiger partial charge is 0.273 e. The number of nitro benzene ring substituents is 1. The summed E-state index contributed by atoms with van der Waals surface area (Å²) in [7, 11) is 1.54. The SMILES string of the molecule is COc1cc([N+](=O)[O-])ccc1NC1CCCCCC1. The second-order valence-corrected chi connectivity index (χ2v) is 4.97. The molecule has 5 nitrogen and oxygen atoms in total. The third-order valence-corrected chi connectivity index (χ3v) is 3.61. The van der Waals surface area contributed by atoms with Gasteiger partial charge in [-0.3, -0.25) is 10.1 Å². The first-order valence-electron chi connectivity index (χ1n) is 6.79. The fraction of sp³-hybridized carbons (Fsp3) is 0.571. The van der Waals surface area contributed by atoms with E-state index in [1.807, 2.05) is 0 Å². The molecule has 1 aromatic rings. The number of hydrogen-bond donors (Lipinski definition) is 1. The van der Waals surface area contributed by atoms with Gasteiger partial charge in [0.25, 0.3) is 5.69 Å². The third-order valence-electron chi connectivity index (χ3n) is 3.61. The van der Waals surface area contributed by atoms with E-state index in [0.29, 0.717) is 11.8 Å². The van der Waals surface area contributed by atoms with E-state index >= 15 is 0 Å². The molecule has 0 bridgehead atoms. The van der Waals surface area contributed by atoms with Gasteiger partial charge in [-0.15, -0.1) is 0 Å². The summed E-state index contributed by atoms with van der Waals surface area (Å²) in [5.74, 6) is 0.540. The van der Waals surface area contributed by atoms with Crippen molar-refractivity contribution in [3.8, 4) is 5.75 Å². The summed E-state index contributed by atoms with van der Waals surface area (Å²) >= 11 is 0. The molecule has 104 valence electrons. The summed E-state index contributed by atoms with van der Waals surface area (Å²) in [4.78, 5) is 10.3. The lowest BCUT2D eigenvalue weighted by atomic mass is 10.1. The predicted molar refractivity (Wildman–Crippen MR) is 74.8 cm³/mol. The Balaban J connectivity index is 2.12. The monoisotopic (exact) mass is 264 g/mol. The number of nitrogens with one attached hydrogen (secondary N) is 1. The number of hydrogen-bond acceptors (Lipinski definition) is 4. The highest BCUT2D eigenvalue weighted by Gasteiger charge is 2.16. The molecule has 0 spiro atoms. The molecule has 0 unspecified atom stereocenters. The van der Waals surface area contributed by atoms with Gasteiger partial charge in [0.2, 0.25) is 0 Å². The standard InChI is InChI=1S/C14H20N2O3/c1-19-14-10-12(16(17)18)8-9-13(14)15-11-6-4-2-3-5-7-11/h8-11,15H,2-7H2,1H3. The Labute approximate surface area is 113 Å². The van der Waals surface area contributed by atoms with Crippen LogP contribution in [0.25, 0.3) is 0 Å². The van der Waals surface area contributed by atoms with Crippen LogP contribution in [-0.2, 0) is 0 Å². The van der Waals surface area contributed by atoms with Crippen LogP contribution in [0.4, 0.5) is 11.4 Å². The van der Waals surface area contributed by atoms with Crippen molar-refractivity contribution in [2.45, 2.75) is 44.6 Å². The topological polar surface area (TPSA) is 64.4 Å². The van der Waals surface area contributed by atoms with Crippen LogP contribution in [0.15, 0.2) is 18.2 Å². The van der Waals surface area contributed by atoms with Gasteiger partial charge in [0.1, 0.15) is 5.75 Å². The molecule has 0 atom stereocenters. The van der Waals surface area contributed by atoms with Crippen LogP contribution in [0, 0.1) is 10.1 Å². The van der Waals surface area contributed by atoms with Gasteiger partial charge in [0, 0.05) is 12.1 Å². The molecule has 0 aromatic heterocycles. The first-order chi connectivity index (χ1) is 9.20. The average molecular weight is 264 g/mol. The maximum absolute atomic E-state index is 10.7. The number of benzene rings is 1. The summed E-state index contributed by atoms with van der Waals surface area (Å²) < 4.78 is 5.24. The average Bonchev–Trinajstić information content (AvgIpc) is 2.67. The summed E-state index contributed by atoms with van der Waals surface area (Å²) in [6, 6.07) is 5.17. The Kier molecular flexibility index (Phi) is 4.60. The molecule has 2 rings (SSSR count). The summed E-state index contributed by atoms with van der Waals surface area (Å²) in [5.41, 5.74) is 0.906. The van der Waals surface area contributed by atoms with E-state index in [2.05, 4.69) is 5.32 Å². The molecular weight excluding hydrogens is 244 g/mol. The molecule has 1 aliphatic carbocycles. The van der Waals surface area contributed by atoms with Gasteiger partial charge in [-0.05, 0) is 18.9 Å². The molecule has 0 radical (unpaired) electrons. The highest BCUT2D eigenvalue weighted by Crippen LogP contribution is 2.31. The quantitative estimate of drug-likeness (QED) is 0.511. The van der Waals surface area contributed by atoms with Gasteiger partial charge in [0.15, 0.2) is 0 Å². The van der Waals surface area contributed by atoms with Crippen molar-refractivity contribution in [3.63, 3.8) is 0 Å². The molecule has 0 amide bonds. The number of methoxy groups -OCH3 is 1. The van der Waals surface area contributed by atoms with E-state index in [9.17, 15) is 10.1 Å². The highest BCUT2D eigenvalue weighted by molar-refractivity contribution is 5.61. The fourth-order valence-corrected chi connectivity index (χ4v) is 2.56. The van der Waals surface area contributed by atoms with Crippen LogP contribution >= 0.6 is 0 Å². The van der Waals surface area contributed by atoms with Crippen LogP contribution in [0.1, 0.15) is 38.5 Å². The number of ether oxygens (including phenoxy) is 1. The molecular formula is C14H20N2O3. The lowest BCUT2D eigenvalue weighted by Crippen LogP contribution is -2.18. The number of non-ortho nitro benzene ring substituents is 1. The molecule has 1 aromatic carbocycles. The van der Waals surface area contributed by atoms with Gasteiger partial charge in [-0.1, -0.05) is 25.7 Å². The van der Waals surface area contributed by atoms with Crippen molar-refractivity contribution in [1.82, 2.24) is 0 Å². The number of nitro groups is 1. The zero-order valence-corrected chi connectivity index (χ0v) is 11.2. The zero-order chi connectivity index (χ0) is 13.7. The first-order valence-corrected chi connectivity index (χ1v) is 6.79. The molecule has 1 N–H and O–H groups in total. The molecule has 0 heterocycles. The molecule has 1 saturated carbocycles. The van der Waals surface area contributed by atoms with Crippen LogP contribution in [0.5, 0.6) is 5.75 Å². The Morgan fingerprint density at radius 2 is 1.95 bits per heavy atom. The van der Waals surface area contributed by atoms with Crippen LogP contribution in [-0.4, -0.2) is 18.1 Å². The lowest BCUT2D eigenvalue weighted by molar-refractivity contribution is -0.384. The minimum atomic E-state index is -0.405. The van der Waals surface area contributed by atoms with Crippen LogP contribution < -0.4 is 10.1 Å². The number of anilines is 1. The number of nitrogens with zero attached hydrogens (tertiary/aromatic N) is 1. The van der Waals surface area contributed by atoms with Crippen molar-refractivity contribution < 1.29 is 9.66 Å². The second-order valence-electron chi connectivity index (χ2n) is 4.97. The maximum atomic E-state index is 10.7. The molecule has 19 heavy (non-hydrogen) atoms. The molecule has 1 fully saturated rings. The van der Waals surface area contributed by atoms with Crippen molar-refractivity contribution >= 4 is 11.4 Å². The Morgan fingerprint density at radius 1 is 1.26 bits per heavy atom. The second kappa shape index (κ2) is 6.41. The van der Waals surface area contributed by atoms with E-state index in [1.54, 1.807) is 6.07 Å². The summed E-state index contributed by atoms with van der Waals surface area (Å²) in [6.45, 7) is 0. The first kappa shape index (κ1) is 13.6. The minimum Gasteiger partial charge on any atom is -0.494 e. The predicted octanol–water partition coefficient (Wildman–Crippen LogP) is 3.74. The minimum absolute atomic E-state index is 0.0586. The normalized spacial score (nSPS) is 16.7. The van der Waals surface area contributed by atoms with Gasteiger partial charge < -0.3 is 10.1 Å². The Hall–Kier alpha value is -1.78. The van der Waals surface area contributed by atoms with E-state index in [-0.39, 0.29) is 5.69 Å². The van der Waals surface area contributed by atoms with Crippen LogP contribution in [0.2, 0.25) is 0 Å². The maximum Gasteiger partial charge on any atom is 0.273 e. The zero-order valence-electron chi connectivity index (χ0n) is 11.2. The summed E-state index contributed by atoms with van der Waals surface area (Å²) in [5, 5.41) is 14.2. The van der Waals surface area contributed by atoms with Gasteiger partial charge in [-0.25, -0.2) is 0 Å². The van der Waals surface area contributed by atoms with Gasteiger partial charge >= 0.3 is 0 Å². The highest BCUT2D eigenvalue weighted by atomic mass is 16.6. The van der Waals surface area contributed by atoms with E-state index in [4.69, 9.17) is 4.74 Å². The van der Waals surface area contributed by atoms with Crippen molar-refractivity contribution in [1.29, 1.82) is 0 Å². The van der Waals surface area contributed by atoms with Gasteiger partial charge in [0.05, 0.1) is 23.8 Å².